The molecular weight excluding hydrogens is 244 g/mol. The van der Waals surface area contributed by atoms with Crippen molar-refractivity contribution in [3.63, 3.8) is 0 Å². The molecule has 113 valence electrons. The predicted octanol–water partition coefficient (Wildman–Crippen LogP) is 6.91. The van der Waals surface area contributed by atoms with Gasteiger partial charge in [0.05, 0.1) is 8.07 Å². The molecule has 0 saturated heterocycles. The Morgan fingerprint density at radius 2 is 0.895 bits per heavy atom. The first-order chi connectivity index (χ1) is 8.94. The lowest BCUT2D eigenvalue weighted by Crippen LogP contribution is -2.50. The maximum atomic E-state index is 2.52. The van der Waals surface area contributed by atoms with Gasteiger partial charge in [-0.1, -0.05) is 96.7 Å². The van der Waals surface area contributed by atoms with Gasteiger partial charge in [0.1, 0.15) is 0 Å². The average Bonchev–Trinajstić information content (AvgIpc) is 2.42. The molecule has 19 heavy (non-hydrogen) atoms. The molecule has 1 heteroatoms. The van der Waals surface area contributed by atoms with Gasteiger partial charge in [0.15, 0.2) is 0 Å². The highest BCUT2D eigenvalue weighted by atomic mass is 28.3. The van der Waals surface area contributed by atoms with Crippen LogP contribution < -0.4 is 0 Å². The minimum absolute atomic E-state index is 0.906. The maximum absolute atomic E-state index is 2.52. The van der Waals surface area contributed by atoms with Gasteiger partial charge in [-0.25, -0.2) is 0 Å². The Bertz CT molecular complexity index is 210. The van der Waals surface area contributed by atoms with E-state index in [0.717, 1.165) is 16.6 Å². The fourth-order valence-corrected chi connectivity index (χ4v) is 12.8. The van der Waals surface area contributed by atoms with Crippen molar-refractivity contribution in [2.24, 2.45) is 0 Å². The maximum Gasteiger partial charge on any atom is 0.0677 e. The van der Waals surface area contributed by atoms with Crippen LogP contribution in [0.2, 0.25) is 16.6 Å². The third-order valence-corrected chi connectivity index (χ3v) is 13.1. The van der Waals surface area contributed by atoms with E-state index in [4.69, 9.17) is 0 Å². The number of rotatable bonds is 4. The Balaban J connectivity index is 2.98. The summed E-state index contributed by atoms with van der Waals surface area (Å²) in [5, 5.41) is 0. The second-order valence-electron chi connectivity index (χ2n) is 7.62. The first kappa shape index (κ1) is 17.3. The zero-order valence-electron chi connectivity index (χ0n) is 14.4. The molecule has 0 unspecified atom stereocenters. The van der Waals surface area contributed by atoms with Crippen LogP contribution >= 0.6 is 0 Å². The summed E-state index contributed by atoms with van der Waals surface area (Å²) in [7, 11) is -1.29. The highest BCUT2D eigenvalue weighted by molar-refractivity contribution is 6.88. The smallest absolute Gasteiger partial charge is 0.0651 e. The highest BCUT2D eigenvalue weighted by Crippen LogP contribution is 2.51. The van der Waals surface area contributed by atoms with Crippen molar-refractivity contribution in [3.05, 3.63) is 5.54 Å². The summed E-state index contributed by atoms with van der Waals surface area (Å²) < 4.78 is 0. The van der Waals surface area contributed by atoms with Gasteiger partial charge in [0.2, 0.25) is 0 Å². The van der Waals surface area contributed by atoms with Crippen molar-refractivity contribution in [2.75, 3.05) is 0 Å². The molecule has 1 rings (SSSR count). The third kappa shape index (κ3) is 3.86. The summed E-state index contributed by atoms with van der Waals surface area (Å²) in [4.78, 5) is 0. The lowest BCUT2D eigenvalue weighted by atomic mass is 10.1. The topological polar surface area (TPSA) is 0 Å². The zero-order chi connectivity index (χ0) is 14.5. The first-order valence-corrected chi connectivity index (χ1v) is 11.0. The Morgan fingerprint density at radius 3 is 1.21 bits per heavy atom. The molecule has 0 bridgehead atoms. The van der Waals surface area contributed by atoms with E-state index in [0.29, 0.717) is 0 Å². The molecule has 0 aromatic carbocycles. The summed E-state index contributed by atoms with van der Waals surface area (Å²) in [6.07, 6.45) is 11.8. The van der Waals surface area contributed by atoms with Crippen LogP contribution in [-0.4, -0.2) is 8.07 Å². The van der Waals surface area contributed by atoms with E-state index in [2.05, 4.69) is 47.1 Å². The monoisotopic (exact) mass is 281 g/mol. The molecule has 0 N–H and O–H groups in total. The molecule has 0 aromatic rings. The van der Waals surface area contributed by atoms with E-state index in [9.17, 15) is 0 Å². The highest BCUT2D eigenvalue weighted by Gasteiger charge is 2.48. The summed E-state index contributed by atoms with van der Waals surface area (Å²) in [5.74, 6) is 0. The van der Waals surface area contributed by atoms with Gasteiger partial charge in [0, 0.05) is 0 Å². The summed E-state index contributed by atoms with van der Waals surface area (Å²) in [5.41, 5.74) is 4.77. The molecule has 0 atom stereocenters. The van der Waals surface area contributed by atoms with Crippen LogP contribution in [0, 0.1) is 5.54 Å². The lowest BCUT2D eigenvalue weighted by Gasteiger charge is -2.49. The minimum atomic E-state index is -1.29. The molecular formula is C18H37Si. The summed E-state index contributed by atoms with van der Waals surface area (Å²) in [6, 6.07) is 0. The second kappa shape index (κ2) is 7.86. The van der Waals surface area contributed by atoms with Crippen molar-refractivity contribution in [2.45, 2.75) is 110 Å². The van der Waals surface area contributed by atoms with Crippen LogP contribution in [0.25, 0.3) is 0 Å². The SMILES string of the molecule is CC(C)[Si]([C]1CCCCCCCC1)(C(C)C)C(C)C. The molecule has 1 aliphatic rings. The van der Waals surface area contributed by atoms with E-state index in [1.165, 1.54) is 51.4 Å². The van der Waals surface area contributed by atoms with Crippen LogP contribution in [0.3, 0.4) is 0 Å². The Labute approximate surface area is 123 Å². The largest absolute Gasteiger partial charge is 0.0677 e. The van der Waals surface area contributed by atoms with Crippen LogP contribution in [0.15, 0.2) is 0 Å². The van der Waals surface area contributed by atoms with Crippen LogP contribution in [0.4, 0.5) is 0 Å². The lowest BCUT2D eigenvalue weighted by molar-refractivity contribution is 0.624. The van der Waals surface area contributed by atoms with Crippen molar-refractivity contribution >= 4 is 8.07 Å². The second-order valence-corrected chi connectivity index (χ2v) is 13.7. The molecule has 1 fully saturated rings. The molecule has 1 aliphatic carbocycles. The summed E-state index contributed by atoms with van der Waals surface area (Å²) in [6.45, 7) is 15.1. The van der Waals surface area contributed by atoms with Gasteiger partial charge in [-0.05, 0) is 18.4 Å². The Kier molecular flexibility index (Phi) is 7.14. The van der Waals surface area contributed by atoms with E-state index >= 15 is 0 Å². The molecule has 0 amide bonds. The van der Waals surface area contributed by atoms with E-state index in [-0.39, 0.29) is 0 Å². The molecule has 0 heterocycles. The normalized spacial score (nSPS) is 20.7. The van der Waals surface area contributed by atoms with Crippen molar-refractivity contribution in [3.8, 4) is 0 Å². The molecule has 0 aliphatic heterocycles. The van der Waals surface area contributed by atoms with Gasteiger partial charge in [0.25, 0.3) is 0 Å². The molecule has 1 radical (unpaired) electrons. The minimum Gasteiger partial charge on any atom is -0.0651 e. The van der Waals surface area contributed by atoms with Crippen molar-refractivity contribution < 1.29 is 0 Å². The van der Waals surface area contributed by atoms with Crippen LogP contribution in [0.5, 0.6) is 0 Å². The van der Waals surface area contributed by atoms with E-state index in [1.807, 2.05) is 0 Å². The van der Waals surface area contributed by atoms with Crippen molar-refractivity contribution in [1.29, 1.82) is 0 Å². The fourth-order valence-electron chi connectivity index (χ4n) is 5.17. The quantitative estimate of drug-likeness (QED) is 0.491. The summed E-state index contributed by atoms with van der Waals surface area (Å²) >= 11 is 0. The van der Waals surface area contributed by atoms with E-state index < -0.39 is 8.07 Å². The molecule has 0 aromatic heterocycles. The Morgan fingerprint density at radius 1 is 0.579 bits per heavy atom. The molecule has 0 nitrogen and oxygen atoms in total. The van der Waals surface area contributed by atoms with Gasteiger partial charge >= 0.3 is 0 Å². The molecule has 1 saturated carbocycles. The first-order valence-electron chi connectivity index (χ1n) is 8.79. The standard InChI is InChI=1S/C18H37Si/c1-15(2)19(16(3)4,17(5)6)18-13-11-9-7-8-10-12-14-18/h15-17H,7-14H2,1-6H3. The van der Waals surface area contributed by atoms with Crippen LogP contribution in [0.1, 0.15) is 92.9 Å². The van der Waals surface area contributed by atoms with Gasteiger partial charge in [-0.2, -0.15) is 0 Å². The third-order valence-electron chi connectivity index (χ3n) is 5.69. The van der Waals surface area contributed by atoms with Gasteiger partial charge < -0.3 is 0 Å². The average molecular weight is 282 g/mol. The number of hydrogen-bond donors (Lipinski definition) is 0. The van der Waals surface area contributed by atoms with Crippen molar-refractivity contribution in [1.82, 2.24) is 0 Å². The zero-order valence-corrected chi connectivity index (χ0v) is 15.4. The van der Waals surface area contributed by atoms with E-state index in [1.54, 1.807) is 0 Å². The van der Waals surface area contributed by atoms with Crippen LogP contribution in [-0.2, 0) is 0 Å². The Hall–Kier alpha value is 0.217. The number of hydrogen-bond acceptors (Lipinski definition) is 0. The fraction of sp³-hybridized carbons (Fsp3) is 0.944. The predicted molar refractivity (Wildman–Crippen MR) is 91.2 cm³/mol. The molecule has 0 spiro atoms. The van der Waals surface area contributed by atoms with Gasteiger partial charge in [-0.3, -0.25) is 0 Å². The van der Waals surface area contributed by atoms with Gasteiger partial charge in [-0.15, -0.1) is 0 Å².